The molecule has 0 aliphatic heterocycles. The maximum atomic E-state index is 4.39. The first kappa shape index (κ1) is 16.4. The van der Waals surface area contributed by atoms with Gasteiger partial charge in [0.15, 0.2) is 5.21 Å². The van der Waals surface area contributed by atoms with E-state index in [-0.39, 0.29) is 0 Å². The summed E-state index contributed by atoms with van der Waals surface area (Å²) in [7, 11) is 0. The number of aromatic nitrogens is 4. The fraction of sp³-hybridized carbons (Fsp3) is 0.350. The van der Waals surface area contributed by atoms with Gasteiger partial charge in [-0.1, -0.05) is 72.3 Å². The summed E-state index contributed by atoms with van der Waals surface area (Å²) < 4.78 is 4.14. The van der Waals surface area contributed by atoms with Crippen LogP contribution in [-0.2, 0) is 32.4 Å². The number of tetrazole rings is 1. The quantitative estimate of drug-likeness (QED) is 0.598. The van der Waals surface area contributed by atoms with Crippen molar-refractivity contribution in [3.05, 3.63) is 77.6 Å². The molecule has 0 aliphatic rings. The summed E-state index contributed by atoms with van der Waals surface area (Å²) in [6.45, 7) is 3.96. The van der Waals surface area contributed by atoms with Gasteiger partial charge in [-0.3, -0.25) is 0 Å². The summed E-state index contributed by atoms with van der Waals surface area (Å²) in [6.07, 6.45) is 4.08. The zero-order chi connectivity index (χ0) is 16.6. The van der Waals surface area contributed by atoms with Gasteiger partial charge >= 0.3 is 0 Å². The third kappa shape index (κ3) is 4.28. The van der Waals surface area contributed by atoms with Gasteiger partial charge in [-0.05, 0) is 17.5 Å². The van der Waals surface area contributed by atoms with Gasteiger partial charge in [0.2, 0.25) is 0 Å². The highest BCUT2D eigenvalue weighted by Gasteiger charge is 2.19. The van der Waals surface area contributed by atoms with Gasteiger partial charge in [-0.15, -0.1) is 4.68 Å². The molecule has 4 nitrogen and oxygen atoms in total. The Balaban J connectivity index is 1.67. The first-order chi connectivity index (χ1) is 11.9. The van der Waals surface area contributed by atoms with Crippen molar-refractivity contribution in [2.45, 2.75) is 45.7 Å². The minimum Gasteiger partial charge on any atom is -0.137 e. The first-order valence-electron chi connectivity index (χ1n) is 8.77. The lowest BCUT2D eigenvalue weighted by Crippen LogP contribution is -2.41. The Kier molecular flexibility index (Phi) is 5.72. The molecule has 0 unspecified atom stereocenters. The minimum atomic E-state index is 0.880. The van der Waals surface area contributed by atoms with E-state index in [0.717, 1.165) is 38.8 Å². The van der Waals surface area contributed by atoms with E-state index >= 15 is 0 Å². The number of rotatable bonds is 8. The number of aryl methyl sites for hydroxylation is 4. The molecule has 4 heteroatoms. The number of hydrogen-bond acceptors (Lipinski definition) is 2. The standard InChI is InChI=1S/C20H25N4/c1-2-9-20-23(16-14-18-10-5-3-6-11-18)21-22-24(20)17-15-19-12-7-4-8-13-19/h3-8,10-13H,2,9,14-17H2,1H3/q+1. The average molecular weight is 321 g/mol. The predicted octanol–water partition coefficient (Wildman–Crippen LogP) is 3.00. The van der Waals surface area contributed by atoms with Crippen molar-refractivity contribution in [3.8, 4) is 0 Å². The van der Waals surface area contributed by atoms with E-state index in [1.807, 2.05) is 0 Å². The third-order valence-corrected chi connectivity index (χ3v) is 4.24. The molecular weight excluding hydrogens is 296 g/mol. The molecule has 0 aliphatic carbocycles. The molecule has 0 amide bonds. The maximum Gasteiger partial charge on any atom is 0.257 e. The van der Waals surface area contributed by atoms with Crippen LogP contribution in [0.15, 0.2) is 60.7 Å². The molecule has 1 aromatic heterocycles. The van der Waals surface area contributed by atoms with Crippen LogP contribution >= 0.6 is 0 Å². The molecule has 0 fully saturated rings. The zero-order valence-corrected chi connectivity index (χ0v) is 14.3. The SMILES string of the molecule is CCCc1n(CCc2ccccc2)nn[n+]1CCc1ccccc1. The van der Waals surface area contributed by atoms with Gasteiger partial charge in [0.25, 0.3) is 5.82 Å². The maximum absolute atomic E-state index is 4.39. The summed E-state index contributed by atoms with van der Waals surface area (Å²) in [5, 5.41) is 8.78. The van der Waals surface area contributed by atoms with Crippen LogP contribution in [0, 0.1) is 0 Å². The second-order valence-electron chi connectivity index (χ2n) is 6.06. The van der Waals surface area contributed by atoms with Crippen molar-refractivity contribution >= 4 is 0 Å². The molecule has 1 heterocycles. The van der Waals surface area contributed by atoms with Crippen molar-refractivity contribution in [3.63, 3.8) is 0 Å². The Morgan fingerprint density at radius 1 is 0.833 bits per heavy atom. The van der Waals surface area contributed by atoms with Gasteiger partial charge in [0.1, 0.15) is 11.8 Å². The fourth-order valence-electron chi connectivity index (χ4n) is 2.92. The second-order valence-corrected chi connectivity index (χ2v) is 6.06. The molecule has 2 aromatic carbocycles. The summed E-state index contributed by atoms with van der Waals surface area (Å²) in [6, 6.07) is 21.1. The molecule has 0 bridgehead atoms. The average Bonchev–Trinajstić information content (AvgIpc) is 3.02. The van der Waals surface area contributed by atoms with Crippen LogP contribution in [0.4, 0.5) is 0 Å². The zero-order valence-electron chi connectivity index (χ0n) is 14.3. The van der Waals surface area contributed by atoms with Gasteiger partial charge in [-0.2, -0.15) is 0 Å². The third-order valence-electron chi connectivity index (χ3n) is 4.24. The lowest BCUT2D eigenvalue weighted by atomic mass is 10.1. The largest absolute Gasteiger partial charge is 0.257 e. The topological polar surface area (TPSA) is 34.6 Å². The van der Waals surface area contributed by atoms with Crippen LogP contribution in [0.1, 0.15) is 30.3 Å². The second kappa shape index (κ2) is 8.39. The number of hydrogen-bond donors (Lipinski definition) is 0. The first-order valence-corrected chi connectivity index (χ1v) is 8.77. The van der Waals surface area contributed by atoms with E-state index in [2.05, 4.69) is 87.4 Å². The van der Waals surface area contributed by atoms with Crippen LogP contribution in [0.2, 0.25) is 0 Å². The molecule has 24 heavy (non-hydrogen) atoms. The van der Waals surface area contributed by atoms with E-state index in [1.54, 1.807) is 0 Å². The van der Waals surface area contributed by atoms with Gasteiger partial charge in [0, 0.05) is 19.3 Å². The Hall–Kier alpha value is -2.49. The van der Waals surface area contributed by atoms with E-state index < -0.39 is 0 Å². The molecule has 0 saturated carbocycles. The Morgan fingerprint density at radius 3 is 2.08 bits per heavy atom. The van der Waals surface area contributed by atoms with Gasteiger partial charge < -0.3 is 0 Å². The lowest BCUT2D eigenvalue weighted by molar-refractivity contribution is -0.760. The summed E-state index contributed by atoms with van der Waals surface area (Å²) in [5.41, 5.74) is 2.68. The molecule has 3 rings (SSSR count). The van der Waals surface area contributed by atoms with Crippen LogP contribution in [0.25, 0.3) is 0 Å². The van der Waals surface area contributed by atoms with E-state index in [0.29, 0.717) is 0 Å². The number of nitrogens with zero attached hydrogens (tertiary/aromatic N) is 4. The Morgan fingerprint density at radius 2 is 1.46 bits per heavy atom. The van der Waals surface area contributed by atoms with Crippen LogP contribution in [-0.4, -0.2) is 15.1 Å². The van der Waals surface area contributed by atoms with Crippen LogP contribution in [0.3, 0.4) is 0 Å². The summed E-state index contributed by atoms with van der Waals surface area (Å²) in [4.78, 5) is 0. The molecule has 0 N–H and O–H groups in total. The summed E-state index contributed by atoms with van der Waals surface area (Å²) >= 11 is 0. The monoisotopic (exact) mass is 321 g/mol. The van der Waals surface area contributed by atoms with Crippen molar-refractivity contribution in [1.29, 1.82) is 0 Å². The van der Waals surface area contributed by atoms with Crippen molar-refractivity contribution in [1.82, 2.24) is 15.1 Å². The Labute approximate surface area is 143 Å². The lowest BCUT2D eigenvalue weighted by Gasteiger charge is -2.02. The van der Waals surface area contributed by atoms with Crippen molar-refractivity contribution in [2.75, 3.05) is 0 Å². The van der Waals surface area contributed by atoms with E-state index in [9.17, 15) is 0 Å². The van der Waals surface area contributed by atoms with Crippen molar-refractivity contribution < 1.29 is 4.68 Å². The minimum absolute atomic E-state index is 0.880. The van der Waals surface area contributed by atoms with E-state index in [1.165, 1.54) is 17.0 Å². The van der Waals surface area contributed by atoms with Crippen molar-refractivity contribution in [2.24, 2.45) is 0 Å². The Bertz CT molecular complexity index is 674. The fourth-order valence-corrected chi connectivity index (χ4v) is 2.92. The normalized spacial score (nSPS) is 10.9. The molecule has 124 valence electrons. The smallest absolute Gasteiger partial charge is 0.137 e. The molecular formula is C20H25N4+. The molecule has 3 aromatic rings. The van der Waals surface area contributed by atoms with Gasteiger partial charge in [0.05, 0.1) is 6.54 Å². The van der Waals surface area contributed by atoms with Crippen LogP contribution < -0.4 is 4.68 Å². The van der Waals surface area contributed by atoms with E-state index in [4.69, 9.17) is 0 Å². The molecule has 0 saturated heterocycles. The highest BCUT2D eigenvalue weighted by Crippen LogP contribution is 2.04. The molecule has 0 spiro atoms. The predicted molar refractivity (Wildman–Crippen MR) is 94.5 cm³/mol. The number of benzene rings is 2. The highest BCUT2D eigenvalue weighted by molar-refractivity contribution is 5.15. The van der Waals surface area contributed by atoms with Gasteiger partial charge in [-0.25, -0.2) is 0 Å². The highest BCUT2D eigenvalue weighted by atomic mass is 15.6. The van der Waals surface area contributed by atoms with Crippen LogP contribution in [0.5, 0.6) is 0 Å². The summed E-state index contributed by atoms with van der Waals surface area (Å²) in [5.74, 6) is 1.23. The molecule has 0 atom stereocenters. The molecule has 0 radical (unpaired) electrons.